The fraction of sp³-hybridized carbons (Fsp3) is 0.200. The number of rotatable bonds is 3. The summed E-state index contributed by atoms with van der Waals surface area (Å²) in [7, 11) is 0. The van der Waals surface area contributed by atoms with Gasteiger partial charge in [-0.05, 0) is 18.4 Å². The fourth-order valence-corrected chi connectivity index (χ4v) is 0.913. The Kier molecular flexibility index (Phi) is 6.63. The smallest absolute Gasteiger partial charge is 1.00 e. The van der Waals surface area contributed by atoms with Gasteiger partial charge in [-0.2, -0.15) is 0 Å². The van der Waals surface area contributed by atoms with Gasteiger partial charge in [0, 0.05) is 0 Å². The van der Waals surface area contributed by atoms with Gasteiger partial charge in [-0.3, -0.25) is 0 Å². The van der Waals surface area contributed by atoms with E-state index in [-0.39, 0.29) is 31.0 Å². The van der Waals surface area contributed by atoms with Crippen molar-refractivity contribution in [3.05, 3.63) is 48.6 Å². The summed E-state index contributed by atoms with van der Waals surface area (Å²) in [5.41, 5.74) is 1.39. The van der Waals surface area contributed by atoms with Crippen molar-refractivity contribution in [1.29, 1.82) is 0 Å². The van der Waals surface area contributed by atoms with Crippen LogP contribution in [0.2, 0.25) is 0 Å². The molecule has 0 N–H and O–H groups in total. The first kappa shape index (κ1) is 11.0. The van der Waals surface area contributed by atoms with Crippen molar-refractivity contribution in [3.8, 4) is 0 Å². The van der Waals surface area contributed by atoms with E-state index in [9.17, 15) is 0 Å². The summed E-state index contributed by atoms with van der Waals surface area (Å²) in [6, 6.07) is 10.5. The minimum absolute atomic E-state index is 0. The summed E-state index contributed by atoms with van der Waals surface area (Å²) < 4.78 is 0. The molecular formula is C10H13Na. The summed E-state index contributed by atoms with van der Waals surface area (Å²) in [6.45, 7) is 3.68. The minimum atomic E-state index is 0. The van der Waals surface area contributed by atoms with E-state index >= 15 is 0 Å². The molecule has 0 amide bonds. The summed E-state index contributed by atoms with van der Waals surface area (Å²) in [5.74, 6) is 0. The van der Waals surface area contributed by atoms with Crippen LogP contribution in [0.4, 0.5) is 0 Å². The Bertz CT molecular complexity index is 196. The quantitative estimate of drug-likeness (QED) is 0.424. The maximum atomic E-state index is 3.68. The van der Waals surface area contributed by atoms with Gasteiger partial charge in [0.25, 0.3) is 0 Å². The Morgan fingerprint density at radius 1 is 1.27 bits per heavy atom. The predicted octanol–water partition coefficient (Wildman–Crippen LogP) is -0.0783. The van der Waals surface area contributed by atoms with E-state index in [4.69, 9.17) is 0 Å². The molecule has 0 radical (unpaired) electrons. The molecule has 11 heavy (non-hydrogen) atoms. The van der Waals surface area contributed by atoms with Crippen molar-refractivity contribution in [2.75, 3.05) is 0 Å². The molecule has 1 aromatic rings. The number of hydrogen-bond acceptors (Lipinski definition) is 0. The van der Waals surface area contributed by atoms with Crippen molar-refractivity contribution >= 4 is 0 Å². The van der Waals surface area contributed by atoms with Crippen LogP contribution in [0.5, 0.6) is 0 Å². The summed E-state index contributed by atoms with van der Waals surface area (Å²) in [6.07, 6.45) is 4.14. The zero-order chi connectivity index (χ0) is 7.23. The molecule has 0 aliphatic heterocycles. The SMILES string of the molecule is C=CCCc1ccccc1.[H-].[Na+]. The molecule has 0 aromatic heterocycles. The van der Waals surface area contributed by atoms with Gasteiger partial charge in [0.1, 0.15) is 0 Å². The number of allylic oxidation sites excluding steroid dienone is 1. The molecule has 0 aliphatic carbocycles. The molecule has 0 atom stereocenters. The summed E-state index contributed by atoms with van der Waals surface area (Å²) in [5, 5.41) is 0. The van der Waals surface area contributed by atoms with Gasteiger partial charge < -0.3 is 1.43 Å². The molecule has 0 saturated heterocycles. The fourth-order valence-electron chi connectivity index (χ4n) is 0.913. The molecule has 1 rings (SSSR count). The second-order valence-corrected chi connectivity index (χ2v) is 2.31. The Balaban J connectivity index is 0. The zero-order valence-electron chi connectivity index (χ0n) is 8.09. The standard InChI is InChI=1S/C10H12.Na.H/c1-2-3-7-10-8-5-4-6-9-10;;/h2,4-6,8-9H,1,3,7H2;;/q;+1;-1. The molecule has 0 fully saturated rings. The Morgan fingerprint density at radius 2 is 1.91 bits per heavy atom. The number of benzene rings is 1. The van der Waals surface area contributed by atoms with Gasteiger partial charge in [-0.15, -0.1) is 6.58 Å². The Morgan fingerprint density at radius 3 is 2.45 bits per heavy atom. The van der Waals surface area contributed by atoms with Gasteiger partial charge in [-0.25, -0.2) is 0 Å². The third-order valence-corrected chi connectivity index (χ3v) is 1.48. The van der Waals surface area contributed by atoms with Gasteiger partial charge >= 0.3 is 29.6 Å². The Labute approximate surface area is 92.1 Å². The predicted molar refractivity (Wildman–Crippen MR) is 46.1 cm³/mol. The van der Waals surface area contributed by atoms with E-state index in [1.165, 1.54) is 5.56 Å². The van der Waals surface area contributed by atoms with E-state index < -0.39 is 0 Å². The topological polar surface area (TPSA) is 0 Å². The van der Waals surface area contributed by atoms with Gasteiger partial charge in [-0.1, -0.05) is 36.4 Å². The first-order valence-electron chi connectivity index (χ1n) is 3.58. The number of hydrogen-bond donors (Lipinski definition) is 0. The molecule has 0 saturated carbocycles. The molecule has 0 bridgehead atoms. The normalized spacial score (nSPS) is 8.36. The Hall–Kier alpha value is -0.0400. The van der Waals surface area contributed by atoms with Crippen LogP contribution in [-0.2, 0) is 6.42 Å². The largest absolute Gasteiger partial charge is 1.00 e. The minimum Gasteiger partial charge on any atom is -1.00 e. The van der Waals surface area contributed by atoms with Crippen LogP contribution in [0.3, 0.4) is 0 Å². The summed E-state index contributed by atoms with van der Waals surface area (Å²) in [4.78, 5) is 0. The number of aryl methyl sites for hydroxylation is 1. The molecule has 54 valence electrons. The van der Waals surface area contributed by atoms with E-state index in [1.807, 2.05) is 12.1 Å². The van der Waals surface area contributed by atoms with E-state index in [1.54, 1.807) is 0 Å². The zero-order valence-corrected chi connectivity index (χ0v) is 9.09. The first-order valence-corrected chi connectivity index (χ1v) is 3.58. The van der Waals surface area contributed by atoms with Crippen LogP contribution in [0.25, 0.3) is 0 Å². The van der Waals surface area contributed by atoms with Crippen LogP contribution in [0.1, 0.15) is 13.4 Å². The van der Waals surface area contributed by atoms with Crippen LogP contribution in [0.15, 0.2) is 43.0 Å². The van der Waals surface area contributed by atoms with Crippen LogP contribution in [-0.4, -0.2) is 0 Å². The maximum absolute atomic E-state index is 3.68. The molecular weight excluding hydrogens is 143 g/mol. The van der Waals surface area contributed by atoms with Crippen LogP contribution in [0, 0.1) is 0 Å². The third-order valence-electron chi connectivity index (χ3n) is 1.48. The molecule has 1 heteroatoms. The van der Waals surface area contributed by atoms with Crippen molar-refractivity contribution in [2.45, 2.75) is 12.8 Å². The van der Waals surface area contributed by atoms with E-state index in [2.05, 4.69) is 30.8 Å². The van der Waals surface area contributed by atoms with Gasteiger partial charge in [0.15, 0.2) is 0 Å². The van der Waals surface area contributed by atoms with Crippen molar-refractivity contribution < 1.29 is 31.0 Å². The molecule has 1 aromatic carbocycles. The summed E-state index contributed by atoms with van der Waals surface area (Å²) >= 11 is 0. The van der Waals surface area contributed by atoms with E-state index in [0.29, 0.717) is 0 Å². The average Bonchev–Trinajstić information content (AvgIpc) is 2.03. The molecule has 0 unspecified atom stereocenters. The van der Waals surface area contributed by atoms with Gasteiger partial charge in [0.05, 0.1) is 0 Å². The molecule has 0 spiro atoms. The monoisotopic (exact) mass is 156 g/mol. The molecule has 0 nitrogen and oxygen atoms in total. The van der Waals surface area contributed by atoms with Crippen molar-refractivity contribution in [3.63, 3.8) is 0 Å². The molecule has 0 aliphatic rings. The second kappa shape index (κ2) is 6.66. The maximum Gasteiger partial charge on any atom is 1.00 e. The average molecular weight is 156 g/mol. The molecule has 0 heterocycles. The first-order chi connectivity index (χ1) is 4.93. The van der Waals surface area contributed by atoms with Crippen molar-refractivity contribution in [2.24, 2.45) is 0 Å². The van der Waals surface area contributed by atoms with E-state index in [0.717, 1.165) is 12.8 Å². The van der Waals surface area contributed by atoms with Crippen LogP contribution >= 0.6 is 0 Å². The van der Waals surface area contributed by atoms with Crippen LogP contribution < -0.4 is 29.6 Å². The second-order valence-electron chi connectivity index (χ2n) is 2.31. The van der Waals surface area contributed by atoms with Crippen molar-refractivity contribution in [1.82, 2.24) is 0 Å². The third kappa shape index (κ3) is 4.41. The van der Waals surface area contributed by atoms with Gasteiger partial charge in [0.2, 0.25) is 0 Å².